The maximum Gasteiger partial charge on any atom is 0.327 e. The van der Waals surface area contributed by atoms with Crippen LogP contribution in [0.3, 0.4) is 0 Å². The number of carbonyl (C=O) groups is 1. The molecular weight excluding hydrogens is 244 g/mol. The molecule has 108 valence electrons. The summed E-state index contributed by atoms with van der Waals surface area (Å²) in [4.78, 5) is 14.6. The normalized spacial score (nSPS) is 34.0. The molecule has 3 aliphatic rings. The van der Waals surface area contributed by atoms with E-state index >= 15 is 0 Å². The van der Waals surface area contributed by atoms with Crippen LogP contribution in [0.15, 0.2) is 0 Å². The fraction of sp³-hybridized carbons (Fsp3) is 0.929. The van der Waals surface area contributed by atoms with Crippen LogP contribution in [0.25, 0.3) is 0 Å². The van der Waals surface area contributed by atoms with E-state index in [1.54, 1.807) is 0 Å². The highest BCUT2D eigenvalue weighted by Crippen LogP contribution is 2.41. The van der Waals surface area contributed by atoms with Crippen LogP contribution in [0.1, 0.15) is 25.7 Å². The van der Waals surface area contributed by atoms with Gasteiger partial charge in [0.1, 0.15) is 5.54 Å². The monoisotopic (exact) mass is 268 g/mol. The van der Waals surface area contributed by atoms with Crippen molar-refractivity contribution >= 4 is 5.97 Å². The third kappa shape index (κ3) is 2.39. The Bertz CT molecular complexity index is 347. The lowest BCUT2D eigenvalue weighted by atomic mass is 9.92. The topological polar surface area (TPSA) is 50.8 Å². The summed E-state index contributed by atoms with van der Waals surface area (Å²) < 4.78 is 10.9. The maximum absolute atomic E-state index is 12.3. The number of fused-ring (bicyclic) bond motifs is 2. The van der Waals surface area contributed by atoms with Crippen LogP contribution < -0.4 is 5.32 Å². The van der Waals surface area contributed by atoms with Gasteiger partial charge in [-0.1, -0.05) is 0 Å². The van der Waals surface area contributed by atoms with E-state index in [0.717, 1.165) is 45.3 Å². The molecule has 0 aromatic carbocycles. The second-order valence-electron chi connectivity index (χ2n) is 6.14. The molecule has 0 amide bonds. The predicted octanol–water partition coefficient (Wildman–Crippen LogP) is 0.391. The summed E-state index contributed by atoms with van der Waals surface area (Å²) in [5.74, 6) is 0.307. The van der Waals surface area contributed by atoms with Gasteiger partial charge in [-0.15, -0.1) is 0 Å². The smallest absolute Gasteiger partial charge is 0.327 e. The molecule has 2 heterocycles. The van der Waals surface area contributed by atoms with Crippen molar-refractivity contribution in [1.29, 1.82) is 0 Å². The molecule has 2 bridgehead atoms. The number of methoxy groups -OCH3 is 1. The molecule has 3 atom stereocenters. The average molecular weight is 268 g/mol. The molecule has 1 saturated carbocycles. The van der Waals surface area contributed by atoms with Crippen molar-refractivity contribution in [3.05, 3.63) is 0 Å². The Kier molecular flexibility index (Phi) is 3.53. The minimum atomic E-state index is -0.522. The fourth-order valence-corrected chi connectivity index (χ4v) is 3.68. The number of nitrogens with zero attached hydrogens (tertiary/aromatic N) is 1. The first-order chi connectivity index (χ1) is 9.18. The molecule has 2 aliphatic heterocycles. The van der Waals surface area contributed by atoms with Crippen LogP contribution in [-0.2, 0) is 14.3 Å². The molecule has 0 spiro atoms. The minimum absolute atomic E-state index is 0.115. The van der Waals surface area contributed by atoms with Crippen LogP contribution in [0.2, 0.25) is 0 Å². The Morgan fingerprint density at radius 3 is 2.42 bits per heavy atom. The Morgan fingerprint density at radius 1 is 1.32 bits per heavy atom. The third-order valence-corrected chi connectivity index (χ3v) is 4.86. The highest BCUT2D eigenvalue weighted by Gasteiger charge is 2.52. The second kappa shape index (κ2) is 5.04. The quantitative estimate of drug-likeness (QED) is 0.731. The largest absolute Gasteiger partial charge is 0.468 e. The van der Waals surface area contributed by atoms with Crippen molar-refractivity contribution in [3.63, 3.8) is 0 Å². The van der Waals surface area contributed by atoms with Gasteiger partial charge >= 0.3 is 5.97 Å². The highest BCUT2D eigenvalue weighted by molar-refractivity contribution is 5.82. The van der Waals surface area contributed by atoms with E-state index in [9.17, 15) is 4.79 Å². The Hall–Kier alpha value is -0.650. The minimum Gasteiger partial charge on any atom is -0.468 e. The summed E-state index contributed by atoms with van der Waals surface area (Å²) in [5.41, 5.74) is -0.522. The van der Waals surface area contributed by atoms with Crippen molar-refractivity contribution < 1.29 is 14.3 Å². The molecule has 0 radical (unpaired) electrons. The lowest BCUT2D eigenvalue weighted by Crippen LogP contribution is -2.62. The number of likely N-dealkylation sites (N-methyl/N-ethyl adjacent to an activating group) is 1. The summed E-state index contributed by atoms with van der Waals surface area (Å²) in [6, 6.07) is 0. The summed E-state index contributed by atoms with van der Waals surface area (Å²) in [6.45, 7) is 2.64. The van der Waals surface area contributed by atoms with Crippen LogP contribution in [-0.4, -0.2) is 62.4 Å². The molecule has 1 aliphatic carbocycles. The number of morpholine rings is 1. The Balaban J connectivity index is 1.72. The maximum atomic E-state index is 12.3. The number of likely N-dealkylation sites (tertiary alicyclic amines) is 1. The Labute approximate surface area is 114 Å². The highest BCUT2D eigenvalue weighted by atomic mass is 16.5. The van der Waals surface area contributed by atoms with Crippen molar-refractivity contribution in [2.45, 2.75) is 43.4 Å². The van der Waals surface area contributed by atoms with Gasteiger partial charge in [-0.05, 0) is 38.6 Å². The summed E-state index contributed by atoms with van der Waals surface area (Å²) in [7, 11) is 3.37. The first-order valence-corrected chi connectivity index (χ1v) is 7.33. The number of esters is 1. The molecule has 1 N–H and O–H groups in total. The number of hydrogen-bond acceptors (Lipinski definition) is 5. The van der Waals surface area contributed by atoms with Crippen LogP contribution in [0.5, 0.6) is 0 Å². The predicted molar refractivity (Wildman–Crippen MR) is 70.9 cm³/mol. The van der Waals surface area contributed by atoms with Crippen LogP contribution >= 0.6 is 0 Å². The number of nitrogens with one attached hydrogen (secondary N) is 1. The molecule has 5 heteroatoms. The first kappa shape index (κ1) is 13.3. The van der Waals surface area contributed by atoms with Crippen molar-refractivity contribution in [2.75, 3.05) is 33.8 Å². The zero-order valence-corrected chi connectivity index (χ0v) is 11.9. The van der Waals surface area contributed by atoms with Gasteiger partial charge < -0.3 is 14.8 Å². The van der Waals surface area contributed by atoms with Crippen molar-refractivity contribution in [3.8, 4) is 0 Å². The van der Waals surface area contributed by atoms with E-state index in [0.29, 0.717) is 18.1 Å². The molecule has 5 nitrogen and oxygen atoms in total. The van der Waals surface area contributed by atoms with E-state index < -0.39 is 5.54 Å². The lowest BCUT2D eigenvalue weighted by Gasteiger charge is -2.39. The van der Waals surface area contributed by atoms with Gasteiger partial charge in [0, 0.05) is 19.6 Å². The van der Waals surface area contributed by atoms with Crippen molar-refractivity contribution in [2.24, 2.45) is 5.92 Å². The molecule has 2 saturated heterocycles. The SMILES string of the molecule is CNC(CN1CC2CCC(C1)O2)(C(=O)OC)C1CC1. The van der Waals surface area contributed by atoms with E-state index in [1.807, 2.05) is 7.05 Å². The third-order valence-electron chi connectivity index (χ3n) is 4.86. The van der Waals surface area contributed by atoms with Gasteiger partial charge in [0.25, 0.3) is 0 Å². The van der Waals surface area contributed by atoms with Crippen molar-refractivity contribution in [1.82, 2.24) is 10.2 Å². The average Bonchev–Trinajstić information content (AvgIpc) is 3.22. The molecule has 3 rings (SSSR count). The van der Waals surface area contributed by atoms with E-state index in [1.165, 1.54) is 7.11 Å². The van der Waals surface area contributed by atoms with Crippen LogP contribution in [0, 0.1) is 5.92 Å². The van der Waals surface area contributed by atoms with Gasteiger partial charge in [0.05, 0.1) is 19.3 Å². The zero-order valence-electron chi connectivity index (χ0n) is 11.9. The summed E-state index contributed by atoms with van der Waals surface area (Å²) in [6.07, 6.45) is 5.29. The fourth-order valence-electron chi connectivity index (χ4n) is 3.68. The molecule has 3 fully saturated rings. The number of hydrogen-bond donors (Lipinski definition) is 1. The second-order valence-corrected chi connectivity index (χ2v) is 6.14. The number of carbonyl (C=O) groups excluding carboxylic acids is 1. The number of rotatable bonds is 5. The van der Waals surface area contributed by atoms with Crippen LogP contribution in [0.4, 0.5) is 0 Å². The van der Waals surface area contributed by atoms with E-state index in [-0.39, 0.29) is 5.97 Å². The van der Waals surface area contributed by atoms with Gasteiger partial charge in [-0.2, -0.15) is 0 Å². The first-order valence-electron chi connectivity index (χ1n) is 7.33. The lowest BCUT2D eigenvalue weighted by molar-refractivity contribution is -0.151. The van der Waals surface area contributed by atoms with Gasteiger partial charge in [0.2, 0.25) is 0 Å². The van der Waals surface area contributed by atoms with Gasteiger partial charge in [0.15, 0.2) is 0 Å². The van der Waals surface area contributed by atoms with E-state index in [2.05, 4.69) is 10.2 Å². The summed E-state index contributed by atoms with van der Waals surface area (Å²) in [5, 5.41) is 3.27. The summed E-state index contributed by atoms with van der Waals surface area (Å²) >= 11 is 0. The molecule has 0 aromatic heterocycles. The van der Waals surface area contributed by atoms with Gasteiger partial charge in [-0.25, -0.2) is 4.79 Å². The molecule has 3 unspecified atom stereocenters. The van der Waals surface area contributed by atoms with E-state index in [4.69, 9.17) is 9.47 Å². The number of ether oxygens (including phenoxy) is 2. The zero-order chi connectivity index (χ0) is 13.5. The molecule has 19 heavy (non-hydrogen) atoms. The molecule has 0 aromatic rings. The standard InChI is InChI=1S/C14H24N2O3/c1-15-14(10-3-4-10,13(17)18-2)9-16-7-11-5-6-12(8-16)19-11/h10-12,15H,3-9H2,1-2H3. The van der Waals surface area contributed by atoms with Gasteiger partial charge in [-0.3, -0.25) is 4.90 Å². The Morgan fingerprint density at radius 2 is 1.95 bits per heavy atom. The molecular formula is C14H24N2O3.